The molecule has 0 aliphatic carbocycles. The van der Waals surface area contributed by atoms with E-state index in [2.05, 4.69) is 5.10 Å². The van der Waals surface area contributed by atoms with Crippen LogP contribution in [0.4, 0.5) is 0 Å². The summed E-state index contributed by atoms with van der Waals surface area (Å²) in [5.74, 6) is 0.100. The molecule has 1 heterocycles. The van der Waals surface area contributed by atoms with Crippen LogP contribution in [0.25, 0.3) is 0 Å². The van der Waals surface area contributed by atoms with Crippen molar-refractivity contribution >= 4 is 29.0 Å². The van der Waals surface area contributed by atoms with Crippen molar-refractivity contribution in [3.05, 3.63) is 45.7 Å². The van der Waals surface area contributed by atoms with Crippen LogP contribution in [-0.2, 0) is 0 Å². The maximum atomic E-state index is 12.7. The lowest BCUT2D eigenvalue weighted by Gasteiger charge is -2.12. The van der Waals surface area contributed by atoms with Gasteiger partial charge in [0.25, 0.3) is 0 Å². The molecule has 0 fully saturated rings. The number of ketones is 1. The SMILES string of the molecule is COc1cnn(C(C)C)c1C(=O)c1c(Cl)cccc1Cl. The van der Waals surface area contributed by atoms with E-state index in [1.165, 1.54) is 13.3 Å². The molecule has 20 heavy (non-hydrogen) atoms. The number of halogens is 2. The predicted octanol–water partition coefficient (Wildman–Crippen LogP) is 4.01. The molecule has 6 heteroatoms. The molecule has 1 aromatic carbocycles. The molecule has 0 amide bonds. The molecule has 2 aromatic rings. The monoisotopic (exact) mass is 312 g/mol. The van der Waals surface area contributed by atoms with Gasteiger partial charge in [0.15, 0.2) is 11.4 Å². The largest absolute Gasteiger partial charge is 0.493 e. The highest BCUT2D eigenvalue weighted by Gasteiger charge is 2.25. The van der Waals surface area contributed by atoms with E-state index in [0.29, 0.717) is 21.5 Å². The first kappa shape index (κ1) is 14.9. The van der Waals surface area contributed by atoms with Crippen molar-refractivity contribution in [2.24, 2.45) is 0 Å². The number of ether oxygens (including phenoxy) is 1. The lowest BCUT2D eigenvalue weighted by molar-refractivity contribution is 0.102. The highest BCUT2D eigenvalue weighted by atomic mass is 35.5. The van der Waals surface area contributed by atoms with Gasteiger partial charge in [-0.25, -0.2) is 0 Å². The predicted molar refractivity (Wildman–Crippen MR) is 79.1 cm³/mol. The Balaban J connectivity index is 2.62. The molecule has 0 atom stereocenters. The number of hydrogen-bond acceptors (Lipinski definition) is 3. The Bertz CT molecular complexity index is 630. The Labute approximate surface area is 127 Å². The average molecular weight is 313 g/mol. The molecule has 106 valence electrons. The molecule has 0 saturated heterocycles. The Hall–Kier alpha value is -1.52. The molecule has 2 rings (SSSR count). The average Bonchev–Trinajstić information content (AvgIpc) is 2.82. The minimum atomic E-state index is -0.302. The van der Waals surface area contributed by atoms with E-state index in [1.807, 2.05) is 13.8 Å². The molecule has 0 radical (unpaired) electrons. The van der Waals surface area contributed by atoms with Gasteiger partial charge in [0.05, 0.1) is 28.9 Å². The quantitative estimate of drug-likeness (QED) is 0.801. The maximum Gasteiger partial charge on any atom is 0.217 e. The van der Waals surface area contributed by atoms with Crippen molar-refractivity contribution in [3.8, 4) is 5.75 Å². The molecule has 0 aliphatic rings. The van der Waals surface area contributed by atoms with E-state index in [0.717, 1.165) is 0 Å². The topological polar surface area (TPSA) is 44.1 Å². The van der Waals surface area contributed by atoms with E-state index >= 15 is 0 Å². The van der Waals surface area contributed by atoms with Gasteiger partial charge in [-0.2, -0.15) is 5.10 Å². The number of aromatic nitrogens is 2. The molecular formula is C14H14Cl2N2O2. The normalized spacial score (nSPS) is 10.9. The maximum absolute atomic E-state index is 12.7. The number of carbonyl (C=O) groups is 1. The molecule has 0 N–H and O–H groups in total. The second kappa shape index (κ2) is 5.85. The van der Waals surface area contributed by atoms with Crippen molar-refractivity contribution in [3.63, 3.8) is 0 Å². The standard InChI is InChI=1S/C14H14Cl2N2O2/c1-8(2)18-13(11(20-3)7-17-18)14(19)12-9(15)5-4-6-10(12)16/h4-8H,1-3H3. The van der Waals surface area contributed by atoms with Gasteiger partial charge in [-0.1, -0.05) is 29.3 Å². The lowest BCUT2D eigenvalue weighted by Crippen LogP contribution is -2.15. The number of benzene rings is 1. The summed E-state index contributed by atoms with van der Waals surface area (Å²) in [6, 6.07) is 4.96. The van der Waals surface area contributed by atoms with Crippen molar-refractivity contribution < 1.29 is 9.53 Å². The summed E-state index contributed by atoms with van der Waals surface area (Å²) in [5.41, 5.74) is 0.606. The van der Waals surface area contributed by atoms with Crippen molar-refractivity contribution in [1.29, 1.82) is 0 Å². The van der Waals surface area contributed by atoms with Gasteiger partial charge >= 0.3 is 0 Å². The summed E-state index contributed by atoms with van der Waals surface area (Å²) in [7, 11) is 1.49. The summed E-state index contributed by atoms with van der Waals surface area (Å²) in [5, 5.41) is 4.79. The Morgan fingerprint density at radius 3 is 2.40 bits per heavy atom. The second-order valence-electron chi connectivity index (χ2n) is 4.53. The Morgan fingerprint density at radius 2 is 1.90 bits per heavy atom. The van der Waals surface area contributed by atoms with Gasteiger partial charge in [0, 0.05) is 6.04 Å². The summed E-state index contributed by atoms with van der Waals surface area (Å²) in [4.78, 5) is 12.7. The number of rotatable bonds is 4. The van der Waals surface area contributed by atoms with E-state index in [-0.39, 0.29) is 17.4 Å². The van der Waals surface area contributed by atoms with Crippen LogP contribution in [0.2, 0.25) is 10.0 Å². The third-order valence-corrected chi connectivity index (χ3v) is 3.51. The van der Waals surface area contributed by atoms with Crippen LogP contribution in [0.15, 0.2) is 24.4 Å². The number of nitrogens with zero attached hydrogens (tertiary/aromatic N) is 2. The van der Waals surface area contributed by atoms with Crippen molar-refractivity contribution in [1.82, 2.24) is 9.78 Å². The van der Waals surface area contributed by atoms with Gasteiger partial charge < -0.3 is 4.74 Å². The van der Waals surface area contributed by atoms with Gasteiger partial charge in [-0.05, 0) is 26.0 Å². The molecule has 0 aliphatic heterocycles. The van der Waals surface area contributed by atoms with Crippen molar-refractivity contribution in [2.75, 3.05) is 7.11 Å². The fourth-order valence-corrected chi connectivity index (χ4v) is 2.51. The van der Waals surface area contributed by atoms with E-state index in [9.17, 15) is 4.79 Å². The molecule has 0 saturated carbocycles. The number of carbonyl (C=O) groups excluding carboxylic acids is 1. The lowest BCUT2D eigenvalue weighted by atomic mass is 10.1. The Kier molecular flexibility index (Phi) is 4.35. The second-order valence-corrected chi connectivity index (χ2v) is 5.34. The van der Waals surface area contributed by atoms with Gasteiger partial charge in [-0.15, -0.1) is 0 Å². The fourth-order valence-electron chi connectivity index (χ4n) is 1.94. The first-order valence-corrected chi connectivity index (χ1v) is 6.83. The molecular weight excluding hydrogens is 299 g/mol. The molecule has 0 spiro atoms. The molecule has 0 bridgehead atoms. The highest BCUT2D eigenvalue weighted by molar-refractivity contribution is 6.41. The van der Waals surface area contributed by atoms with Crippen LogP contribution in [-0.4, -0.2) is 22.7 Å². The smallest absolute Gasteiger partial charge is 0.217 e. The zero-order valence-corrected chi connectivity index (χ0v) is 12.9. The first-order valence-electron chi connectivity index (χ1n) is 6.07. The van der Waals surface area contributed by atoms with Crippen LogP contribution >= 0.6 is 23.2 Å². The van der Waals surface area contributed by atoms with E-state index in [4.69, 9.17) is 27.9 Å². The summed E-state index contributed by atoms with van der Waals surface area (Å²) in [6.45, 7) is 3.86. The van der Waals surface area contributed by atoms with Crippen LogP contribution in [0.1, 0.15) is 35.9 Å². The summed E-state index contributed by atoms with van der Waals surface area (Å²) < 4.78 is 6.81. The number of methoxy groups -OCH3 is 1. The minimum absolute atomic E-state index is 0.0131. The molecule has 0 unspecified atom stereocenters. The van der Waals surface area contributed by atoms with Crippen LogP contribution < -0.4 is 4.74 Å². The fraction of sp³-hybridized carbons (Fsp3) is 0.286. The van der Waals surface area contributed by atoms with Crippen LogP contribution in [0.5, 0.6) is 5.75 Å². The van der Waals surface area contributed by atoms with Gasteiger partial charge in [0.2, 0.25) is 5.78 Å². The van der Waals surface area contributed by atoms with E-state index < -0.39 is 0 Å². The zero-order valence-electron chi connectivity index (χ0n) is 11.4. The third kappa shape index (κ3) is 2.53. The first-order chi connectivity index (χ1) is 9.47. The third-order valence-electron chi connectivity index (χ3n) is 2.88. The van der Waals surface area contributed by atoms with Gasteiger partial charge in [0.1, 0.15) is 0 Å². The molecule has 4 nitrogen and oxygen atoms in total. The number of hydrogen-bond donors (Lipinski definition) is 0. The minimum Gasteiger partial charge on any atom is -0.493 e. The van der Waals surface area contributed by atoms with E-state index in [1.54, 1.807) is 22.9 Å². The van der Waals surface area contributed by atoms with Crippen LogP contribution in [0.3, 0.4) is 0 Å². The highest BCUT2D eigenvalue weighted by Crippen LogP contribution is 2.31. The zero-order chi connectivity index (χ0) is 14.9. The Morgan fingerprint density at radius 1 is 1.30 bits per heavy atom. The van der Waals surface area contributed by atoms with Crippen molar-refractivity contribution in [2.45, 2.75) is 19.9 Å². The summed E-state index contributed by atoms with van der Waals surface area (Å²) in [6.07, 6.45) is 1.51. The van der Waals surface area contributed by atoms with Gasteiger partial charge in [-0.3, -0.25) is 9.48 Å². The summed E-state index contributed by atoms with van der Waals surface area (Å²) >= 11 is 12.2. The van der Waals surface area contributed by atoms with Crippen LogP contribution in [0, 0.1) is 0 Å². The molecule has 1 aromatic heterocycles.